The number of hydrogen-bond donors (Lipinski definition) is 0. The predicted octanol–water partition coefficient (Wildman–Crippen LogP) is 3.36. The van der Waals surface area contributed by atoms with E-state index in [4.69, 9.17) is 0 Å². The van der Waals surface area contributed by atoms with E-state index in [1.807, 2.05) is 24.4 Å². The minimum atomic E-state index is 0.298. The monoisotopic (exact) mass is 349 g/mol. The van der Waals surface area contributed by atoms with Gasteiger partial charge in [0.25, 0.3) is 0 Å². The third-order valence-corrected chi connectivity index (χ3v) is 5.64. The molecule has 136 valence electrons. The van der Waals surface area contributed by atoms with E-state index in [9.17, 15) is 4.79 Å². The van der Waals surface area contributed by atoms with Gasteiger partial charge in [-0.3, -0.25) is 9.69 Å². The van der Waals surface area contributed by atoms with Crippen molar-refractivity contribution < 1.29 is 4.79 Å². The van der Waals surface area contributed by atoms with Crippen molar-refractivity contribution in [1.29, 1.82) is 0 Å². The van der Waals surface area contributed by atoms with Crippen LogP contribution in [0, 0.1) is 0 Å². The number of rotatable bonds is 6. The van der Waals surface area contributed by atoms with Crippen molar-refractivity contribution in [1.82, 2.24) is 9.88 Å². The Labute approximate surface area is 155 Å². The molecular weight excluding hydrogens is 322 g/mol. The second kappa shape index (κ2) is 8.00. The smallest absolute Gasteiger partial charge is 0.162 e. The number of benzene rings is 1. The van der Waals surface area contributed by atoms with Crippen LogP contribution in [0.1, 0.15) is 40.7 Å². The maximum atomic E-state index is 12.5. The predicted molar refractivity (Wildman–Crippen MR) is 105 cm³/mol. The molecule has 0 atom stereocenters. The van der Waals surface area contributed by atoms with Crippen molar-refractivity contribution in [3.05, 3.63) is 59.3 Å². The van der Waals surface area contributed by atoms with E-state index >= 15 is 0 Å². The lowest BCUT2D eigenvalue weighted by Gasteiger charge is -2.35. The fourth-order valence-corrected chi connectivity index (χ4v) is 4.09. The molecule has 4 nitrogen and oxygen atoms in total. The first kappa shape index (κ1) is 17.2. The highest BCUT2D eigenvalue weighted by atomic mass is 16.1. The molecule has 1 fully saturated rings. The van der Waals surface area contributed by atoms with Crippen molar-refractivity contribution in [3.63, 3.8) is 0 Å². The average molecular weight is 349 g/mol. The van der Waals surface area contributed by atoms with E-state index in [0.29, 0.717) is 12.2 Å². The summed E-state index contributed by atoms with van der Waals surface area (Å²) in [4.78, 5) is 21.7. The van der Waals surface area contributed by atoms with E-state index in [0.717, 1.165) is 56.9 Å². The molecule has 0 bridgehead atoms. The molecule has 1 saturated heterocycles. The lowest BCUT2D eigenvalue weighted by Crippen LogP contribution is -2.46. The standard InChI is InChI=1S/C22H27N3O/c26-21(20-10-9-18-5-3-6-19(18)17-20)7-4-12-24-13-15-25(16-14-24)22-8-1-2-11-23-22/h1-2,8-11,17H,3-7,12-16H2. The summed E-state index contributed by atoms with van der Waals surface area (Å²) in [5.41, 5.74) is 3.74. The molecule has 2 aliphatic rings. The van der Waals surface area contributed by atoms with Crippen LogP contribution in [0.15, 0.2) is 42.6 Å². The van der Waals surface area contributed by atoms with Gasteiger partial charge in [0.2, 0.25) is 0 Å². The summed E-state index contributed by atoms with van der Waals surface area (Å²) in [6.07, 6.45) is 6.99. The highest BCUT2D eigenvalue weighted by molar-refractivity contribution is 5.96. The number of anilines is 1. The third kappa shape index (κ3) is 3.96. The number of hydrogen-bond acceptors (Lipinski definition) is 4. The summed E-state index contributed by atoms with van der Waals surface area (Å²) in [5, 5.41) is 0. The van der Waals surface area contributed by atoms with E-state index in [-0.39, 0.29) is 0 Å². The number of pyridine rings is 1. The van der Waals surface area contributed by atoms with Crippen molar-refractivity contribution in [2.75, 3.05) is 37.6 Å². The fraction of sp³-hybridized carbons (Fsp3) is 0.455. The lowest BCUT2D eigenvalue weighted by molar-refractivity contribution is 0.0974. The zero-order valence-corrected chi connectivity index (χ0v) is 15.4. The Kier molecular flexibility index (Phi) is 5.30. The number of ketones is 1. The minimum absolute atomic E-state index is 0.298. The molecule has 1 aromatic heterocycles. The number of Topliss-reactive ketones (excluding diaryl/α,β-unsaturated/α-hetero) is 1. The Morgan fingerprint density at radius 1 is 1.00 bits per heavy atom. The Hall–Kier alpha value is -2.20. The number of carbonyl (C=O) groups excluding carboxylic acids is 1. The number of aromatic nitrogens is 1. The van der Waals surface area contributed by atoms with Gasteiger partial charge in [0, 0.05) is 44.4 Å². The molecule has 2 aromatic rings. The molecule has 0 N–H and O–H groups in total. The van der Waals surface area contributed by atoms with Crippen LogP contribution in [0.2, 0.25) is 0 Å². The van der Waals surface area contributed by atoms with Gasteiger partial charge in [-0.2, -0.15) is 0 Å². The minimum Gasteiger partial charge on any atom is -0.354 e. The number of piperazine rings is 1. The molecule has 0 amide bonds. The summed E-state index contributed by atoms with van der Waals surface area (Å²) >= 11 is 0. The van der Waals surface area contributed by atoms with Crippen molar-refractivity contribution >= 4 is 11.6 Å². The number of nitrogens with zero attached hydrogens (tertiary/aromatic N) is 3. The average Bonchev–Trinajstić information content (AvgIpc) is 3.17. The maximum Gasteiger partial charge on any atom is 0.162 e. The Balaban J connectivity index is 1.21. The molecule has 0 unspecified atom stereocenters. The number of aryl methyl sites for hydroxylation is 2. The number of fused-ring (bicyclic) bond motifs is 1. The summed E-state index contributed by atoms with van der Waals surface area (Å²) in [6.45, 7) is 5.12. The molecule has 2 heterocycles. The second-order valence-electron chi connectivity index (χ2n) is 7.38. The summed E-state index contributed by atoms with van der Waals surface area (Å²) in [5.74, 6) is 1.37. The molecular formula is C22H27N3O. The van der Waals surface area contributed by atoms with Crippen LogP contribution in [-0.2, 0) is 12.8 Å². The molecule has 1 aliphatic carbocycles. The highest BCUT2D eigenvalue weighted by Gasteiger charge is 2.18. The summed E-state index contributed by atoms with van der Waals surface area (Å²) < 4.78 is 0. The molecule has 0 radical (unpaired) electrons. The van der Waals surface area contributed by atoms with E-state index in [2.05, 4.69) is 33.0 Å². The van der Waals surface area contributed by atoms with Gasteiger partial charge in [0.1, 0.15) is 5.82 Å². The van der Waals surface area contributed by atoms with E-state index < -0.39 is 0 Å². The number of carbonyl (C=O) groups is 1. The first-order valence-corrected chi connectivity index (χ1v) is 9.83. The normalized spacial score (nSPS) is 17.3. The summed E-state index contributed by atoms with van der Waals surface area (Å²) in [6, 6.07) is 12.4. The Morgan fingerprint density at radius 2 is 1.85 bits per heavy atom. The fourth-order valence-electron chi connectivity index (χ4n) is 4.09. The van der Waals surface area contributed by atoms with Crippen molar-refractivity contribution in [2.24, 2.45) is 0 Å². The molecule has 0 saturated carbocycles. The molecule has 1 aromatic carbocycles. The van der Waals surface area contributed by atoms with Gasteiger partial charge in [-0.1, -0.05) is 18.2 Å². The Bertz CT molecular complexity index is 751. The van der Waals surface area contributed by atoms with Crippen LogP contribution in [0.3, 0.4) is 0 Å². The van der Waals surface area contributed by atoms with Gasteiger partial charge >= 0.3 is 0 Å². The van der Waals surface area contributed by atoms with Gasteiger partial charge in [0.05, 0.1) is 0 Å². The highest BCUT2D eigenvalue weighted by Crippen LogP contribution is 2.23. The topological polar surface area (TPSA) is 36.4 Å². The van der Waals surface area contributed by atoms with Crippen LogP contribution in [0.25, 0.3) is 0 Å². The quantitative estimate of drug-likeness (QED) is 0.750. The molecule has 4 rings (SSSR count). The lowest BCUT2D eigenvalue weighted by atomic mass is 10.0. The van der Waals surface area contributed by atoms with Gasteiger partial charge in [-0.15, -0.1) is 0 Å². The van der Waals surface area contributed by atoms with Gasteiger partial charge in [0.15, 0.2) is 5.78 Å². The second-order valence-corrected chi connectivity index (χ2v) is 7.38. The van der Waals surface area contributed by atoms with Crippen LogP contribution < -0.4 is 4.90 Å². The van der Waals surface area contributed by atoms with Crippen LogP contribution >= 0.6 is 0 Å². The van der Waals surface area contributed by atoms with Crippen LogP contribution in [0.4, 0.5) is 5.82 Å². The zero-order chi connectivity index (χ0) is 17.8. The molecule has 0 spiro atoms. The van der Waals surface area contributed by atoms with Crippen LogP contribution in [0.5, 0.6) is 0 Å². The largest absolute Gasteiger partial charge is 0.354 e. The van der Waals surface area contributed by atoms with E-state index in [1.165, 1.54) is 24.0 Å². The van der Waals surface area contributed by atoms with Gasteiger partial charge in [-0.25, -0.2) is 4.98 Å². The first-order valence-electron chi connectivity index (χ1n) is 9.83. The third-order valence-electron chi connectivity index (χ3n) is 5.64. The molecule has 26 heavy (non-hydrogen) atoms. The molecule has 1 aliphatic heterocycles. The zero-order valence-electron chi connectivity index (χ0n) is 15.4. The maximum absolute atomic E-state index is 12.5. The first-order chi connectivity index (χ1) is 12.8. The van der Waals surface area contributed by atoms with Crippen LogP contribution in [-0.4, -0.2) is 48.4 Å². The van der Waals surface area contributed by atoms with Crippen molar-refractivity contribution in [2.45, 2.75) is 32.1 Å². The van der Waals surface area contributed by atoms with E-state index in [1.54, 1.807) is 0 Å². The van der Waals surface area contributed by atoms with Gasteiger partial charge < -0.3 is 4.90 Å². The van der Waals surface area contributed by atoms with Crippen molar-refractivity contribution in [3.8, 4) is 0 Å². The van der Waals surface area contributed by atoms with Gasteiger partial charge in [-0.05, 0) is 61.6 Å². The molecule has 4 heteroatoms. The SMILES string of the molecule is O=C(CCCN1CCN(c2ccccn2)CC1)c1ccc2c(c1)CCC2. The Morgan fingerprint density at radius 3 is 2.65 bits per heavy atom. The summed E-state index contributed by atoms with van der Waals surface area (Å²) in [7, 11) is 0.